The molecule has 0 spiro atoms. The highest BCUT2D eigenvalue weighted by Crippen LogP contribution is 2.08. The average Bonchev–Trinajstić information content (AvgIpc) is 2.72. The van der Waals surface area contributed by atoms with Crippen LogP contribution in [0.15, 0.2) is 53.2 Å². The van der Waals surface area contributed by atoms with Gasteiger partial charge in [-0.2, -0.15) is 11.3 Å². The quantitative estimate of drug-likeness (QED) is 0.702. The third kappa shape index (κ3) is 2.57. The van der Waals surface area contributed by atoms with E-state index in [-0.39, 0.29) is 0 Å². The van der Waals surface area contributed by atoms with Crippen LogP contribution in [-0.2, 0) is 6.42 Å². The molecule has 0 unspecified atom stereocenters. The predicted octanol–water partition coefficient (Wildman–Crippen LogP) is 4.00. The summed E-state index contributed by atoms with van der Waals surface area (Å²) in [7, 11) is 0. The number of rotatable bonds is 3. The van der Waals surface area contributed by atoms with Crippen molar-refractivity contribution in [2.24, 2.45) is 0 Å². The van der Waals surface area contributed by atoms with Gasteiger partial charge in [0, 0.05) is 0 Å². The zero-order chi connectivity index (χ0) is 9.64. The minimum absolute atomic E-state index is 1.03. The van der Waals surface area contributed by atoms with Crippen LogP contribution in [0.25, 0.3) is 6.08 Å². The molecule has 14 heavy (non-hydrogen) atoms. The number of thiophene rings is 1. The third-order valence-corrected chi connectivity index (χ3v) is 2.78. The van der Waals surface area contributed by atoms with E-state index >= 15 is 0 Å². The summed E-state index contributed by atoms with van der Waals surface area (Å²) in [5, 5.41) is 4.31. The van der Waals surface area contributed by atoms with Crippen LogP contribution >= 0.6 is 11.3 Å². The van der Waals surface area contributed by atoms with Crippen molar-refractivity contribution >= 4 is 17.4 Å². The minimum atomic E-state index is 1.03. The Kier molecular flexibility index (Phi) is 3.15. The molecule has 0 radical (unpaired) electrons. The van der Waals surface area contributed by atoms with E-state index in [1.807, 2.05) is 6.07 Å². The molecule has 0 N–H and O–H groups in total. The maximum absolute atomic E-state index is 2.21. The van der Waals surface area contributed by atoms with Gasteiger partial charge in [0.15, 0.2) is 0 Å². The molecule has 2 aromatic rings. The van der Waals surface area contributed by atoms with E-state index in [2.05, 4.69) is 53.2 Å². The highest BCUT2D eigenvalue weighted by molar-refractivity contribution is 7.07. The monoisotopic (exact) mass is 200 g/mol. The Bertz CT molecular complexity index is 384. The molecule has 2 rings (SSSR count). The summed E-state index contributed by atoms with van der Waals surface area (Å²) < 4.78 is 0. The van der Waals surface area contributed by atoms with Crippen LogP contribution in [-0.4, -0.2) is 0 Å². The minimum Gasteiger partial charge on any atom is -0.152 e. The maximum Gasteiger partial charge on any atom is -0.00581 e. The fraction of sp³-hybridized carbons (Fsp3) is 0.0769. The van der Waals surface area contributed by atoms with Crippen molar-refractivity contribution in [1.29, 1.82) is 0 Å². The van der Waals surface area contributed by atoms with Crippen molar-refractivity contribution in [1.82, 2.24) is 0 Å². The van der Waals surface area contributed by atoms with Gasteiger partial charge in [-0.15, -0.1) is 0 Å². The van der Waals surface area contributed by atoms with Crippen LogP contribution in [0.5, 0.6) is 0 Å². The highest BCUT2D eigenvalue weighted by Gasteiger charge is 1.88. The van der Waals surface area contributed by atoms with Gasteiger partial charge in [0.2, 0.25) is 0 Å². The molecule has 0 fully saturated rings. The van der Waals surface area contributed by atoms with Gasteiger partial charge in [-0.05, 0) is 34.4 Å². The van der Waals surface area contributed by atoms with Crippen LogP contribution < -0.4 is 0 Å². The third-order valence-electron chi connectivity index (χ3n) is 2.04. The molecule has 1 heterocycles. The van der Waals surface area contributed by atoms with Gasteiger partial charge in [-0.25, -0.2) is 0 Å². The van der Waals surface area contributed by atoms with E-state index in [1.54, 1.807) is 11.3 Å². The Morgan fingerprint density at radius 3 is 2.64 bits per heavy atom. The van der Waals surface area contributed by atoms with Crippen LogP contribution in [0.4, 0.5) is 0 Å². The summed E-state index contributed by atoms with van der Waals surface area (Å²) in [4.78, 5) is 0. The molecular formula is C13H12S. The highest BCUT2D eigenvalue weighted by atomic mass is 32.1. The lowest BCUT2D eigenvalue weighted by Gasteiger charge is -1.91. The van der Waals surface area contributed by atoms with Crippen molar-refractivity contribution in [3.8, 4) is 0 Å². The fourth-order valence-electron chi connectivity index (χ4n) is 1.30. The zero-order valence-electron chi connectivity index (χ0n) is 7.89. The van der Waals surface area contributed by atoms with Gasteiger partial charge < -0.3 is 0 Å². The Morgan fingerprint density at radius 2 is 1.93 bits per heavy atom. The number of hydrogen-bond donors (Lipinski definition) is 0. The van der Waals surface area contributed by atoms with E-state index in [1.165, 1.54) is 11.1 Å². The van der Waals surface area contributed by atoms with Crippen molar-refractivity contribution in [2.45, 2.75) is 6.42 Å². The van der Waals surface area contributed by atoms with Gasteiger partial charge in [-0.1, -0.05) is 42.5 Å². The summed E-state index contributed by atoms with van der Waals surface area (Å²) in [5.74, 6) is 0. The first-order valence-electron chi connectivity index (χ1n) is 4.68. The SMILES string of the molecule is C(=C\c1ccccc1)/Cc1ccsc1. The largest absolute Gasteiger partial charge is 0.152 e. The van der Waals surface area contributed by atoms with E-state index < -0.39 is 0 Å². The first kappa shape index (κ1) is 9.22. The second-order valence-corrected chi connectivity index (χ2v) is 3.93. The molecule has 0 bridgehead atoms. The summed E-state index contributed by atoms with van der Waals surface area (Å²) in [6, 6.07) is 12.6. The summed E-state index contributed by atoms with van der Waals surface area (Å²) >= 11 is 1.75. The molecule has 0 aliphatic rings. The molecule has 0 saturated heterocycles. The van der Waals surface area contributed by atoms with Gasteiger partial charge in [0.05, 0.1) is 0 Å². The molecule has 1 aromatic carbocycles. The summed E-state index contributed by atoms with van der Waals surface area (Å²) in [6.07, 6.45) is 5.40. The molecule has 1 heteroatoms. The molecular weight excluding hydrogens is 188 g/mol. The zero-order valence-corrected chi connectivity index (χ0v) is 8.71. The molecule has 0 saturated carbocycles. The van der Waals surface area contributed by atoms with Gasteiger partial charge in [-0.3, -0.25) is 0 Å². The lowest BCUT2D eigenvalue weighted by Crippen LogP contribution is -1.74. The van der Waals surface area contributed by atoms with E-state index in [0.717, 1.165) is 6.42 Å². The Labute approximate surface area is 88.5 Å². The molecule has 0 aliphatic heterocycles. The van der Waals surface area contributed by atoms with Gasteiger partial charge in [0.25, 0.3) is 0 Å². The Balaban J connectivity index is 1.96. The number of benzene rings is 1. The van der Waals surface area contributed by atoms with E-state index in [9.17, 15) is 0 Å². The number of allylic oxidation sites excluding steroid dienone is 1. The summed E-state index contributed by atoms with van der Waals surface area (Å²) in [5.41, 5.74) is 2.66. The van der Waals surface area contributed by atoms with Gasteiger partial charge in [0.1, 0.15) is 0 Å². The van der Waals surface area contributed by atoms with Gasteiger partial charge >= 0.3 is 0 Å². The van der Waals surface area contributed by atoms with Crippen molar-refractivity contribution in [3.05, 3.63) is 64.4 Å². The summed E-state index contributed by atoms with van der Waals surface area (Å²) in [6.45, 7) is 0. The van der Waals surface area contributed by atoms with Crippen LogP contribution in [0.3, 0.4) is 0 Å². The van der Waals surface area contributed by atoms with Crippen LogP contribution in [0.1, 0.15) is 11.1 Å². The smallest absolute Gasteiger partial charge is 0.00581 e. The normalized spacial score (nSPS) is 10.9. The molecule has 70 valence electrons. The van der Waals surface area contributed by atoms with E-state index in [4.69, 9.17) is 0 Å². The van der Waals surface area contributed by atoms with Crippen molar-refractivity contribution in [2.75, 3.05) is 0 Å². The lowest BCUT2D eigenvalue weighted by molar-refractivity contribution is 1.31. The fourth-order valence-corrected chi connectivity index (χ4v) is 1.99. The molecule has 0 amide bonds. The second kappa shape index (κ2) is 4.77. The predicted molar refractivity (Wildman–Crippen MR) is 63.5 cm³/mol. The molecule has 1 aromatic heterocycles. The van der Waals surface area contributed by atoms with Crippen molar-refractivity contribution in [3.63, 3.8) is 0 Å². The molecule has 0 atom stereocenters. The Morgan fingerprint density at radius 1 is 1.07 bits per heavy atom. The number of hydrogen-bond acceptors (Lipinski definition) is 1. The lowest BCUT2D eigenvalue weighted by atomic mass is 10.1. The van der Waals surface area contributed by atoms with Crippen LogP contribution in [0.2, 0.25) is 0 Å². The standard InChI is InChI=1S/C13H12S/c1-2-5-12(6-3-1)7-4-8-13-9-10-14-11-13/h1-7,9-11H,8H2/b7-4+. The van der Waals surface area contributed by atoms with Crippen LogP contribution in [0, 0.1) is 0 Å². The molecule has 0 aliphatic carbocycles. The van der Waals surface area contributed by atoms with E-state index in [0.29, 0.717) is 0 Å². The average molecular weight is 200 g/mol. The topological polar surface area (TPSA) is 0 Å². The van der Waals surface area contributed by atoms with Crippen molar-refractivity contribution < 1.29 is 0 Å². The first-order valence-corrected chi connectivity index (χ1v) is 5.62. The first-order chi connectivity index (χ1) is 6.95. The molecule has 0 nitrogen and oxygen atoms in total. The maximum atomic E-state index is 2.21. The Hall–Kier alpha value is -1.34. The second-order valence-electron chi connectivity index (χ2n) is 3.15.